The highest BCUT2D eigenvalue weighted by molar-refractivity contribution is 7.89. The lowest BCUT2D eigenvalue weighted by Gasteiger charge is -2.19. The van der Waals surface area contributed by atoms with E-state index in [-0.39, 0.29) is 11.1 Å². The zero-order chi connectivity index (χ0) is 14.9. The minimum absolute atomic E-state index is 0.00874. The van der Waals surface area contributed by atoms with Crippen molar-refractivity contribution in [2.24, 2.45) is 11.8 Å². The molecule has 7 heteroatoms. The van der Waals surface area contributed by atoms with Crippen molar-refractivity contribution >= 4 is 10.0 Å². The third-order valence-electron chi connectivity index (χ3n) is 4.42. The number of rotatable bonds is 5. The van der Waals surface area contributed by atoms with Gasteiger partial charge in [-0.2, -0.15) is 5.10 Å². The molecule has 114 valence electrons. The Balaban J connectivity index is 2.23. The standard InChI is InChI=1S/C13H24N4O2S/c1-8-5-6-12(9(8)2)17-20(18,19)13-11(7-14-4)10(3)15-16-13/h8-9,12,14,17H,5-7H2,1-4H3,(H,15,16). The zero-order valence-electron chi connectivity index (χ0n) is 12.5. The topological polar surface area (TPSA) is 86.9 Å². The van der Waals surface area contributed by atoms with Crippen molar-refractivity contribution in [3.05, 3.63) is 11.3 Å². The van der Waals surface area contributed by atoms with Crippen LogP contribution in [-0.4, -0.2) is 31.7 Å². The highest BCUT2D eigenvalue weighted by Crippen LogP contribution is 2.32. The number of nitrogens with one attached hydrogen (secondary N) is 3. The molecule has 1 aliphatic carbocycles. The molecule has 0 saturated heterocycles. The average Bonchev–Trinajstić information content (AvgIpc) is 2.89. The number of hydrogen-bond acceptors (Lipinski definition) is 4. The van der Waals surface area contributed by atoms with E-state index in [0.29, 0.717) is 23.9 Å². The molecule has 0 amide bonds. The summed E-state index contributed by atoms with van der Waals surface area (Å²) in [5, 5.41) is 9.84. The number of H-pyrrole nitrogens is 1. The van der Waals surface area contributed by atoms with Gasteiger partial charge in [-0.15, -0.1) is 0 Å². The molecule has 0 aromatic carbocycles. The fraction of sp³-hybridized carbons (Fsp3) is 0.769. The van der Waals surface area contributed by atoms with Gasteiger partial charge in [0, 0.05) is 23.8 Å². The molecule has 20 heavy (non-hydrogen) atoms. The molecule has 1 heterocycles. The maximum atomic E-state index is 12.5. The maximum Gasteiger partial charge on any atom is 0.260 e. The minimum atomic E-state index is -3.56. The summed E-state index contributed by atoms with van der Waals surface area (Å²) < 4.78 is 27.9. The van der Waals surface area contributed by atoms with Crippen molar-refractivity contribution < 1.29 is 8.42 Å². The van der Waals surface area contributed by atoms with Crippen molar-refractivity contribution in [1.29, 1.82) is 0 Å². The lowest BCUT2D eigenvalue weighted by molar-refractivity contribution is 0.401. The lowest BCUT2D eigenvalue weighted by Crippen LogP contribution is -2.38. The van der Waals surface area contributed by atoms with Crippen molar-refractivity contribution in [2.75, 3.05) is 7.05 Å². The third kappa shape index (κ3) is 2.89. The first kappa shape index (κ1) is 15.5. The van der Waals surface area contributed by atoms with Gasteiger partial charge in [0.05, 0.1) is 0 Å². The Bertz CT molecular complexity index is 567. The molecule has 3 N–H and O–H groups in total. The molecular weight excluding hydrogens is 276 g/mol. The van der Waals surface area contributed by atoms with E-state index in [9.17, 15) is 8.42 Å². The Kier molecular flexibility index (Phi) is 4.51. The number of aromatic amines is 1. The summed E-state index contributed by atoms with van der Waals surface area (Å²) in [5.41, 5.74) is 1.49. The van der Waals surface area contributed by atoms with Gasteiger partial charge in [-0.1, -0.05) is 13.8 Å². The Morgan fingerprint density at radius 1 is 1.35 bits per heavy atom. The number of sulfonamides is 1. The van der Waals surface area contributed by atoms with Crippen LogP contribution in [0.3, 0.4) is 0 Å². The lowest BCUT2D eigenvalue weighted by atomic mass is 9.98. The van der Waals surface area contributed by atoms with Crippen LogP contribution in [0, 0.1) is 18.8 Å². The van der Waals surface area contributed by atoms with E-state index in [0.717, 1.165) is 18.5 Å². The Labute approximate surface area is 120 Å². The predicted molar refractivity (Wildman–Crippen MR) is 77.8 cm³/mol. The SMILES string of the molecule is CNCc1c(S(=O)(=O)NC2CCC(C)C2C)n[nH]c1C. The van der Waals surface area contributed by atoms with Crippen molar-refractivity contribution in [2.45, 2.75) is 51.2 Å². The maximum absolute atomic E-state index is 12.5. The monoisotopic (exact) mass is 300 g/mol. The molecule has 1 aromatic heterocycles. The smallest absolute Gasteiger partial charge is 0.260 e. The molecule has 0 spiro atoms. The van der Waals surface area contributed by atoms with Crippen LogP contribution in [0.1, 0.15) is 37.9 Å². The summed E-state index contributed by atoms with van der Waals surface area (Å²) in [6, 6.07) is 0.00874. The van der Waals surface area contributed by atoms with E-state index in [2.05, 4.69) is 34.1 Å². The van der Waals surface area contributed by atoms with Gasteiger partial charge < -0.3 is 5.32 Å². The Morgan fingerprint density at radius 3 is 2.60 bits per heavy atom. The first-order chi connectivity index (χ1) is 9.36. The number of aryl methyl sites for hydroxylation is 1. The second-order valence-corrected chi connectivity index (χ2v) is 7.43. The van der Waals surface area contributed by atoms with Crippen LogP contribution >= 0.6 is 0 Å². The Morgan fingerprint density at radius 2 is 2.05 bits per heavy atom. The Hall–Kier alpha value is -0.920. The molecular formula is C13H24N4O2S. The third-order valence-corrected chi connectivity index (χ3v) is 5.88. The fourth-order valence-electron chi connectivity index (χ4n) is 2.82. The zero-order valence-corrected chi connectivity index (χ0v) is 13.3. The average molecular weight is 300 g/mol. The van der Waals surface area contributed by atoms with Crippen LogP contribution in [0.2, 0.25) is 0 Å². The molecule has 3 atom stereocenters. The van der Waals surface area contributed by atoms with E-state index in [1.165, 1.54) is 0 Å². The summed E-state index contributed by atoms with van der Waals surface area (Å²) in [4.78, 5) is 0. The molecule has 1 fully saturated rings. The first-order valence-corrected chi connectivity index (χ1v) is 8.56. The minimum Gasteiger partial charge on any atom is -0.316 e. The van der Waals surface area contributed by atoms with E-state index in [4.69, 9.17) is 0 Å². The quantitative estimate of drug-likeness (QED) is 0.761. The van der Waals surface area contributed by atoms with E-state index >= 15 is 0 Å². The molecule has 0 radical (unpaired) electrons. The van der Waals surface area contributed by atoms with Gasteiger partial charge in [-0.3, -0.25) is 5.10 Å². The molecule has 6 nitrogen and oxygen atoms in total. The molecule has 2 rings (SSSR count). The van der Waals surface area contributed by atoms with Gasteiger partial charge in [0.2, 0.25) is 0 Å². The second-order valence-electron chi connectivity index (χ2n) is 5.80. The summed E-state index contributed by atoms with van der Waals surface area (Å²) in [7, 11) is -1.78. The van der Waals surface area contributed by atoms with Gasteiger partial charge in [0.15, 0.2) is 5.03 Å². The molecule has 1 aliphatic rings. The summed E-state index contributed by atoms with van der Waals surface area (Å²) in [5.74, 6) is 0.915. The largest absolute Gasteiger partial charge is 0.316 e. The highest BCUT2D eigenvalue weighted by Gasteiger charge is 2.34. The fourth-order valence-corrected chi connectivity index (χ4v) is 4.38. The van der Waals surface area contributed by atoms with E-state index < -0.39 is 10.0 Å². The summed E-state index contributed by atoms with van der Waals surface area (Å²) in [6.45, 7) is 6.59. The van der Waals surface area contributed by atoms with Crippen molar-refractivity contribution in [1.82, 2.24) is 20.2 Å². The van der Waals surface area contributed by atoms with Gasteiger partial charge >= 0.3 is 0 Å². The second kappa shape index (κ2) is 5.83. The van der Waals surface area contributed by atoms with Gasteiger partial charge in [-0.25, -0.2) is 13.1 Å². The molecule has 0 bridgehead atoms. The van der Waals surface area contributed by atoms with E-state index in [1.807, 2.05) is 6.92 Å². The van der Waals surface area contributed by atoms with Gasteiger partial charge in [0.1, 0.15) is 0 Å². The van der Waals surface area contributed by atoms with Crippen LogP contribution in [-0.2, 0) is 16.6 Å². The van der Waals surface area contributed by atoms with E-state index in [1.54, 1.807) is 7.05 Å². The number of aromatic nitrogens is 2. The van der Waals surface area contributed by atoms with Gasteiger partial charge in [0.25, 0.3) is 10.0 Å². The number of hydrogen-bond donors (Lipinski definition) is 3. The molecule has 3 unspecified atom stereocenters. The normalized spacial score (nSPS) is 27.1. The molecule has 1 aromatic rings. The predicted octanol–water partition coefficient (Wildman–Crippen LogP) is 1.15. The van der Waals surface area contributed by atoms with Crippen LogP contribution in [0.15, 0.2) is 5.03 Å². The van der Waals surface area contributed by atoms with Crippen LogP contribution < -0.4 is 10.0 Å². The summed E-state index contributed by atoms with van der Waals surface area (Å²) in [6.07, 6.45) is 1.96. The summed E-state index contributed by atoms with van der Waals surface area (Å²) >= 11 is 0. The van der Waals surface area contributed by atoms with Gasteiger partial charge in [-0.05, 0) is 38.6 Å². The number of nitrogens with zero attached hydrogens (tertiary/aromatic N) is 1. The van der Waals surface area contributed by atoms with Crippen LogP contribution in [0.25, 0.3) is 0 Å². The van der Waals surface area contributed by atoms with Crippen molar-refractivity contribution in [3.8, 4) is 0 Å². The molecule has 1 saturated carbocycles. The van der Waals surface area contributed by atoms with Crippen molar-refractivity contribution in [3.63, 3.8) is 0 Å². The van der Waals surface area contributed by atoms with Crippen LogP contribution in [0.5, 0.6) is 0 Å². The first-order valence-electron chi connectivity index (χ1n) is 7.07. The highest BCUT2D eigenvalue weighted by atomic mass is 32.2. The van der Waals surface area contributed by atoms with Crippen LogP contribution in [0.4, 0.5) is 0 Å². The molecule has 0 aliphatic heterocycles.